The normalized spacial score (nSPS) is 14.7. The van der Waals surface area contributed by atoms with E-state index in [2.05, 4.69) is 10.1 Å². The molecule has 124 valence electrons. The van der Waals surface area contributed by atoms with Crippen LogP contribution in [0.5, 0.6) is 11.5 Å². The highest BCUT2D eigenvalue weighted by atomic mass is 19.3. The molecule has 0 bridgehead atoms. The average molecular weight is 331 g/mol. The largest absolute Gasteiger partial charge is 0.490 e. The van der Waals surface area contributed by atoms with Gasteiger partial charge < -0.3 is 14.8 Å². The van der Waals surface area contributed by atoms with E-state index in [0.717, 1.165) is 11.3 Å². The van der Waals surface area contributed by atoms with Crippen molar-refractivity contribution in [3.05, 3.63) is 53.6 Å². The zero-order valence-electron chi connectivity index (χ0n) is 12.9. The minimum absolute atomic E-state index is 0.0368. The third-order valence-corrected chi connectivity index (χ3v) is 3.50. The van der Waals surface area contributed by atoms with E-state index in [1.807, 2.05) is 24.3 Å². The lowest BCUT2D eigenvalue weighted by Gasteiger charge is -2.12. The Morgan fingerprint density at radius 1 is 1.17 bits per heavy atom. The van der Waals surface area contributed by atoms with Crippen LogP contribution in [0.15, 0.2) is 42.5 Å². The Morgan fingerprint density at radius 3 is 2.71 bits per heavy atom. The summed E-state index contributed by atoms with van der Waals surface area (Å²) in [5.41, 5.74) is 2.71. The number of amides is 1. The lowest BCUT2D eigenvalue weighted by atomic mass is 10.0. The molecule has 1 heterocycles. The summed E-state index contributed by atoms with van der Waals surface area (Å²) < 4.78 is 34.7. The number of carbonyl (C=O) groups excluding carboxylic acids is 1. The molecule has 0 radical (unpaired) electrons. The molecule has 1 aliphatic heterocycles. The Hall–Kier alpha value is -2.89. The van der Waals surface area contributed by atoms with Crippen LogP contribution in [0.25, 0.3) is 11.6 Å². The van der Waals surface area contributed by atoms with Gasteiger partial charge in [-0.1, -0.05) is 24.3 Å². The second kappa shape index (κ2) is 6.70. The summed E-state index contributed by atoms with van der Waals surface area (Å²) in [6.07, 6.45) is 1.69. The number of hydrogen-bond acceptors (Lipinski definition) is 3. The molecule has 0 saturated carbocycles. The molecular weight excluding hydrogens is 316 g/mol. The van der Waals surface area contributed by atoms with E-state index < -0.39 is 6.61 Å². The molecular formula is C18H15F2NO3. The number of fused-ring (bicyclic) bond motifs is 1. The monoisotopic (exact) mass is 331 g/mol. The van der Waals surface area contributed by atoms with E-state index >= 15 is 0 Å². The van der Waals surface area contributed by atoms with Gasteiger partial charge in [0.05, 0.1) is 6.61 Å². The molecule has 0 aliphatic carbocycles. The second-order valence-electron chi connectivity index (χ2n) is 5.08. The first-order valence-corrected chi connectivity index (χ1v) is 7.42. The number of para-hydroxylation sites is 1. The molecule has 24 heavy (non-hydrogen) atoms. The van der Waals surface area contributed by atoms with E-state index in [-0.39, 0.29) is 17.4 Å². The van der Waals surface area contributed by atoms with Crippen molar-refractivity contribution in [2.75, 3.05) is 11.9 Å². The van der Waals surface area contributed by atoms with E-state index in [0.29, 0.717) is 17.7 Å². The number of nitrogens with one attached hydrogen (secondary N) is 1. The molecule has 2 aromatic carbocycles. The van der Waals surface area contributed by atoms with Crippen LogP contribution in [0.2, 0.25) is 0 Å². The lowest BCUT2D eigenvalue weighted by molar-refractivity contribution is -0.110. The van der Waals surface area contributed by atoms with Crippen LogP contribution in [0.4, 0.5) is 14.5 Å². The van der Waals surface area contributed by atoms with Crippen molar-refractivity contribution >= 4 is 23.2 Å². The highest BCUT2D eigenvalue weighted by Crippen LogP contribution is 2.35. The zero-order chi connectivity index (χ0) is 17.1. The van der Waals surface area contributed by atoms with Gasteiger partial charge in [-0.05, 0) is 36.8 Å². The summed E-state index contributed by atoms with van der Waals surface area (Å²) in [6, 6.07) is 11.9. The van der Waals surface area contributed by atoms with Crippen LogP contribution in [0, 0.1) is 0 Å². The quantitative estimate of drug-likeness (QED) is 0.836. The Kier molecular flexibility index (Phi) is 4.46. The van der Waals surface area contributed by atoms with Gasteiger partial charge in [-0.3, -0.25) is 4.79 Å². The molecule has 1 N–H and O–H groups in total. The zero-order valence-corrected chi connectivity index (χ0v) is 12.9. The Bertz CT molecular complexity index is 803. The third-order valence-electron chi connectivity index (χ3n) is 3.50. The van der Waals surface area contributed by atoms with E-state index in [1.54, 1.807) is 25.1 Å². The number of anilines is 1. The molecule has 1 amide bonds. The predicted molar refractivity (Wildman–Crippen MR) is 87.2 cm³/mol. The number of ether oxygens (including phenoxy) is 2. The first-order chi connectivity index (χ1) is 11.6. The van der Waals surface area contributed by atoms with Gasteiger partial charge in [0.15, 0.2) is 11.5 Å². The predicted octanol–water partition coefficient (Wildman–Crippen LogP) is 4.18. The van der Waals surface area contributed by atoms with Crippen LogP contribution in [-0.2, 0) is 4.79 Å². The first-order valence-electron chi connectivity index (χ1n) is 7.42. The molecule has 0 aromatic heterocycles. The first kappa shape index (κ1) is 16.0. The summed E-state index contributed by atoms with van der Waals surface area (Å²) in [5, 5.41) is 2.78. The summed E-state index contributed by atoms with van der Waals surface area (Å²) in [7, 11) is 0. The number of rotatable bonds is 5. The Labute approximate surface area is 137 Å². The van der Waals surface area contributed by atoms with Gasteiger partial charge in [0.2, 0.25) is 0 Å². The molecule has 2 aromatic rings. The smallest absolute Gasteiger partial charge is 0.387 e. The molecule has 0 fully saturated rings. The van der Waals surface area contributed by atoms with Crippen molar-refractivity contribution in [1.82, 2.24) is 0 Å². The second-order valence-corrected chi connectivity index (χ2v) is 5.08. The highest BCUT2D eigenvalue weighted by molar-refractivity contribution is 6.34. The average Bonchev–Trinajstić information content (AvgIpc) is 2.86. The topological polar surface area (TPSA) is 47.6 Å². The standard InChI is InChI=1S/C18H15F2NO3/c1-2-23-16-10-11(7-8-15(16)24-18(19)20)9-13-12-5-3-4-6-14(12)21-17(13)22/h3-10,18H,2H2,1H3,(H,21,22)/b13-9+. The fraction of sp³-hybridized carbons (Fsp3) is 0.167. The molecule has 1 aliphatic rings. The van der Waals surface area contributed by atoms with Crippen molar-refractivity contribution in [1.29, 1.82) is 0 Å². The summed E-state index contributed by atoms with van der Waals surface area (Å²) in [4.78, 5) is 12.1. The Morgan fingerprint density at radius 2 is 1.96 bits per heavy atom. The number of hydrogen-bond donors (Lipinski definition) is 1. The minimum Gasteiger partial charge on any atom is -0.490 e. The Balaban J connectivity index is 1.98. The minimum atomic E-state index is -2.93. The molecule has 0 saturated heterocycles. The van der Waals surface area contributed by atoms with Crippen molar-refractivity contribution in [2.24, 2.45) is 0 Å². The molecule has 0 atom stereocenters. The molecule has 6 heteroatoms. The van der Waals surface area contributed by atoms with Gasteiger partial charge >= 0.3 is 6.61 Å². The van der Waals surface area contributed by atoms with Crippen LogP contribution in [0.3, 0.4) is 0 Å². The summed E-state index contributed by atoms with van der Waals surface area (Å²) in [5.74, 6) is -0.0359. The van der Waals surface area contributed by atoms with Crippen molar-refractivity contribution in [3.8, 4) is 11.5 Å². The SMILES string of the molecule is CCOc1cc(/C=C2/C(=O)Nc3ccccc32)ccc1OC(F)F. The van der Waals surface area contributed by atoms with Gasteiger partial charge in [-0.15, -0.1) is 0 Å². The van der Waals surface area contributed by atoms with Gasteiger partial charge in [0.25, 0.3) is 5.91 Å². The van der Waals surface area contributed by atoms with Crippen molar-refractivity contribution < 1.29 is 23.0 Å². The van der Waals surface area contributed by atoms with Crippen LogP contribution < -0.4 is 14.8 Å². The molecule has 0 unspecified atom stereocenters. The number of alkyl halides is 2. The van der Waals surface area contributed by atoms with Crippen LogP contribution in [-0.4, -0.2) is 19.1 Å². The van der Waals surface area contributed by atoms with E-state index in [9.17, 15) is 13.6 Å². The van der Waals surface area contributed by atoms with Gasteiger partial charge in [-0.25, -0.2) is 0 Å². The summed E-state index contributed by atoms with van der Waals surface area (Å²) >= 11 is 0. The van der Waals surface area contributed by atoms with Crippen molar-refractivity contribution in [3.63, 3.8) is 0 Å². The van der Waals surface area contributed by atoms with Gasteiger partial charge in [0.1, 0.15) is 0 Å². The van der Waals surface area contributed by atoms with E-state index in [4.69, 9.17) is 4.74 Å². The number of benzene rings is 2. The van der Waals surface area contributed by atoms with Crippen molar-refractivity contribution in [2.45, 2.75) is 13.5 Å². The lowest BCUT2D eigenvalue weighted by Crippen LogP contribution is -2.05. The number of carbonyl (C=O) groups is 1. The molecule has 4 nitrogen and oxygen atoms in total. The van der Waals surface area contributed by atoms with Gasteiger partial charge in [0, 0.05) is 16.8 Å². The van der Waals surface area contributed by atoms with Crippen LogP contribution in [0.1, 0.15) is 18.1 Å². The highest BCUT2D eigenvalue weighted by Gasteiger charge is 2.23. The number of halogens is 2. The molecule has 0 spiro atoms. The maximum Gasteiger partial charge on any atom is 0.387 e. The van der Waals surface area contributed by atoms with E-state index in [1.165, 1.54) is 6.07 Å². The fourth-order valence-corrected chi connectivity index (χ4v) is 2.52. The maximum atomic E-state index is 12.4. The molecule has 3 rings (SSSR count). The maximum absolute atomic E-state index is 12.4. The fourth-order valence-electron chi connectivity index (χ4n) is 2.52. The third kappa shape index (κ3) is 3.22. The van der Waals surface area contributed by atoms with Gasteiger partial charge in [-0.2, -0.15) is 8.78 Å². The van der Waals surface area contributed by atoms with Crippen LogP contribution >= 0.6 is 0 Å². The summed E-state index contributed by atoms with van der Waals surface area (Å²) in [6.45, 7) is -0.873.